The van der Waals surface area contributed by atoms with Gasteiger partial charge in [-0.1, -0.05) is 0 Å². The summed E-state index contributed by atoms with van der Waals surface area (Å²) in [7, 11) is -5.68. The molecule has 0 aliphatic carbocycles. The van der Waals surface area contributed by atoms with Crippen molar-refractivity contribution >= 4 is 47.8 Å². The minimum Gasteiger partial charge on any atom is -0.490 e. The van der Waals surface area contributed by atoms with Gasteiger partial charge in [-0.25, -0.2) is 31.7 Å². The van der Waals surface area contributed by atoms with Gasteiger partial charge in [0, 0.05) is 40.2 Å². The van der Waals surface area contributed by atoms with Gasteiger partial charge in [-0.2, -0.15) is 4.36 Å². The molecule has 0 saturated heterocycles. The summed E-state index contributed by atoms with van der Waals surface area (Å²) in [5.74, 6) is 0.172. The van der Waals surface area contributed by atoms with Crippen molar-refractivity contribution in [3.63, 3.8) is 0 Å². The quantitative estimate of drug-likeness (QED) is 0.474. The molecule has 3 rings (SSSR count). The van der Waals surface area contributed by atoms with Gasteiger partial charge >= 0.3 is 0 Å². The molecule has 1 heterocycles. The Morgan fingerprint density at radius 3 is 2.53 bits per heavy atom. The van der Waals surface area contributed by atoms with Crippen LogP contribution in [0.3, 0.4) is 0 Å². The topological polar surface area (TPSA) is 123 Å². The van der Waals surface area contributed by atoms with Crippen LogP contribution in [-0.4, -0.2) is 54.5 Å². The number of aryl methyl sites for hydroxylation is 1. The molecule has 0 aliphatic rings. The molecule has 9 nitrogen and oxygen atoms in total. The van der Waals surface area contributed by atoms with Gasteiger partial charge in [0.15, 0.2) is 0 Å². The Hall–Kier alpha value is -2.83. The Kier molecular flexibility index (Phi) is 6.96. The van der Waals surface area contributed by atoms with Crippen molar-refractivity contribution in [1.82, 2.24) is 14.7 Å². The molecule has 12 heteroatoms. The number of hydrogen-bond acceptors (Lipinski definition) is 8. The molecular weight excluding hydrogens is 457 g/mol. The molecule has 0 aliphatic heterocycles. The Labute approximate surface area is 186 Å². The molecule has 0 spiro atoms. The number of hydrogen-bond donors (Lipinski definition) is 2. The van der Waals surface area contributed by atoms with Crippen molar-refractivity contribution < 1.29 is 21.8 Å². The molecule has 0 saturated carbocycles. The van der Waals surface area contributed by atoms with Crippen molar-refractivity contribution in [2.24, 2.45) is 4.36 Å². The number of halogens is 1. The number of fused-ring (bicyclic) bond motifs is 1. The van der Waals surface area contributed by atoms with Crippen molar-refractivity contribution in [2.45, 2.75) is 6.92 Å². The summed E-state index contributed by atoms with van der Waals surface area (Å²) < 4.78 is 60.3. The predicted octanol–water partition coefficient (Wildman–Crippen LogP) is 3.11. The average Bonchev–Trinajstić information content (AvgIpc) is 2.65. The summed E-state index contributed by atoms with van der Waals surface area (Å²) in [6.45, 7) is 1.91. The highest BCUT2D eigenvalue weighted by Gasteiger charge is 2.13. The van der Waals surface area contributed by atoms with Crippen LogP contribution in [0.1, 0.15) is 5.56 Å². The SMILES string of the molecule is Cc1cc(N=S(C)(C)=O)cc2ncnc(Nc3ccc(F)cc3OCCNS(C)(=O)=O)c12. The summed E-state index contributed by atoms with van der Waals surface area (Å²) in [6.07, 6.45) is 5.54. The Morgan fingerprint density at radius 1 is 1.09 bits per heavy atom. The highest BCUT2D eigenvalue weighted by molar-refractivity contribution is 7.92. The highest BCUT2D eigenvalue weighted by atomic mass is 32.2. The maximum atomic E-state index is 13.8. The van der Waals surface area contributed by atoms with E-state index >= 15 is 0 Å². The predicted molar refractivity (Wildman–Crippen MR) is 124 cm³/mol. The van der Waals surface area contributed by atoms with E-state index in [9.17, 15) is 17.0 Å². The molecule has 0 unspecified atom stereocenters. The number of aromatic nitrogens is 2. The summed E-state index contributed by atoms with van der Waals surface area (Å²) >= 11 is 0. The van der Waals surface area contributed by atoms with Crippen LogP contribution < -0.4 is 14.8 Å². The Morgan fingerprint density at radius 2 is 1.84 bits per heavy atom. The van der Waals surface area contributed by atoms with Crippen LogP contribution in [0, 0.1) is 12.7 Å². The maximum absolute atomic E-state index is 13.8. The first-order chi connectivity index (χ1) is 14.9. The molecule has 0 atom stereocenters. The monoisotopic (exact) mass is 481 g/mol. The smallest absolute Gasteiger partial charge is 0.208 e. The number of nitrogens with zero attached hydrogens (tertiary/aromatic N) is 3. The average molecular weight is 482 g/mol. The molecule has 172 valence electrons. The third-order valence-electron chi connectivity index (χ3n) is 4.17. The van der Waals surface area contributed by atoms with E-state index in [0.717, 1.165) is 17.2 Å². The molecule has 3 aromatic rings. The maximum Gasteiger partial charge on any atom is 0.208 e. The van der Waals surface area contributed by atoms with Gasteiger partial charge in [0.1, 0.15) is 30.3 Å². The first-order valence-corrected chi connectivity index (χ1v) is 13.7. The van der Waals surface area contributed by atoms with Gasteiger partial charge in [-0.05, 0) is 36.8 Å². The zero-order valence-electron chi connectivity index (χ0n) is 18.0. The highest BCUT2D eigenvalue weighted by Crippen LogP contribution is 2.33. The molecule has 2 N–H and O–H groups in total. The van der Waals surface area contributed by atoms with E-state index < -0.39 is 25.6 Å². The lowest BCUT2D eigenvalue weighted by molar-refractivity contribution is 0.323. The minimum atomic E-state index is -3.35. The molecule has 0 radical (unpaired) electrons. The molecule has 0 amide bonds. The lowest BCUT2D eigenvalue weighted by Crippen LogP contribution is -2.27. The summed E-state index contributed by atoms with van der Waals surface area (Å²) in [5.41, 5.74) is 2.42. The van der Waals surface area contributed by atoms with E-state index in [2.05, 4.69) is 24.4 Å². The zero-order chi connectivity index (χ0) is 23.5. The molecule has 0 fully saturated rings. The zero-order valence-corrected chi connectivity index (χ0v) is 19.7. The van der Waals surface area contributed by atoms with Crippen LogP contribution in [0.4, 0.5) is 21.6 Å². The van der Waals surface area contributed by atoms with E-state index in [1.807, 2.05) is 6.92 Å². The normalized spacial score (nSPS) is 12.0. The first-order valence-electron chi connectivity index (χ1n) is 9.48. The fourth-order valence-corrected chi connectivity index (χ4v) is 4.08. The van der Waals surface area contributed by atoms with E-state index in [1.54, 1.807) is 24.6 Å². The third-order valence-corrected chi connectivity index (χ3v) is 5.54. The van der Waals surface area contributed by atoms with Crippen molar-refractivity contribution in [3.8, 4) is 5.75 Å². The van der Waals surface area contributed by atoms with Crippen LogP contribution in [0.5, 0.6) is 5.75 Å². The largest absolute Gasteiger partial charge is 0.490 e. The number of benzene rings is 2. The molecule has 2 aromatic carbocycles. The summed E-state index contributed by atoms with van der Waals surface area (Å²) in [5, 5.41) is 3.86. The Bertz CT molecular complexity index is 1380. The fraction of sp³-hybridized carbons (Fsp3) is 0.300. The van der Waals surface area contributed by atoms with Crippen LogP contribution >= 0.6 is 0 Å². The van der Waals surface area contributed by atoms with Gasteiger partial charge in [0.05, 0.1) is 23.1 Å². The van der Waals surface area contributed by atoms with Crippen LogP contribution in [0.25, 0.3) is 10.9 Å². The molecule has 1 aromatic heterocycles. The lowest BCUT2D eigenvalue weighted by Gasteiger charge is -2.15. The standard InChI is InChI=1S/C20H24FN5O4S2/c1-13-9-15(26-31(2,3)27)11-17-19(13)20(23-12-22-17)25-16-6-5-14(21)10-18(16)30-8-7-24-32(4,28)29/h5-6,9-12,24H,7-8H2,1-4H3,(H,22,23,25). The number of ether oxygens (including phenoxy) is 1. The lowest BCUT2D eigenvalue weighted by atomic mass is 10.1. The van der Waals surface area contributed by atoms with Crippen molar-refractivity contribution in [2.75, 3.05) is 37.2 Å². The molecule has 0 bridgehead atoms. The fourth-order valence-electron chi connectivity index (χ4n) is 3.01. The van der Waals surface area contributed by atoms with E-state index in [-0.39, 0.29) is 18.9 Å². The van der Waals surface area contributed by atoms with Crippen LogP contribution in [0.15, 0.2) is 41.0 Å². The van der Waals surface area contributed by atoms with Crippen molar-refractivity contribution in [1.29, 1.82) is 0 Å². The van der Waals surface area contributed by atoms with Gasteiger partial charge in [-0.15, -0.1) is 0 Å². The van der Waals surface area contributed by atoms with Gasteiger partial charge in [-0.3, -0.25) is 0 Å². The molecular formula is C20H24FN5O4S2. The number of rotatable bonds is 8. The third kappa shape index (κ3) is 6.58. The second-order valence-corrected chi connectivity index (χ2v) is 11.8. The van der Waals surface area contributed by atoms with Gasteiger partial charge in [0.25, 0.3) is 0 Å². The molecule has 32 heavy (non-hydrogen) atoms. The summed E-state index contributed by atoms with van der Waals surface area (Å²) in [4.78, 5) is 8.60. The van der Waals surface area contributed by atoms with Gasteiger partial charge in [0.2, 0.25) is 10.0 Å². The first kappa shape index (κ1) is 23.8. The van der Waals surface area contributed by atoms with E-state index in [4.69, 9.17) is 4.74 Å². The van der Waals surface area contributed by atoms with Gasteiger partial charge < -0.3 is 10.1 Å². The van der Waals surface area contributed by atoms with E-state index in [0.29, 0.717) is 22.7 Å². The number of sulfonamides is 1. The minimum absolute atomic E-state index is 0.00688. The van der Waals surface area contributed by atoms with Crippen LogP contribution in [-0.2, 0) is 19.8 Å². The van der Waals surface area contributed by atoms with Crippen molar-refractivity contribution in [3.05, 3.63) is 48.0 Å². The second-order valence-electron chi connectivity index (χ2n) is 7.43. The van der Waals surface area contributed by atoms with E-state index in [1.165, 1.54) is 24.5 Å². The summed E-state index contributed by atoms with van der Waals surface area (Å²) in [6, 6.07) is 7.50. The Balaban J connectivity index is 1.93. The van der Waals surface area contributed by atoms with Crippen LogP contribution in [0.2, 0.25) is 0 Å². The second kappa shape index (κ2) is 9.35. The number of nitrogens with one attached hydrogen (secondary N) is 2. The number of anilines is 2.